The van der Waals surface area contributed by atoms with Crippen LogP contribution in [0.3, 0.4) is 0 Å². The van der Waals surface area contributed by atoms with Crippen molar-refractivity contribution in [3.63, 3.8) is 0 Å². The number of aliphatic imine (C=N–C) groups is 1. The normalized spacial score (nSPS) is 16.7. The molecular formula is C25H18FN7. The fourth-order valence-electron chi connectivity index (χ4n) is 4.04. The lowest BCUT2D eigenvalue weighted by molar-refractivity contribution is 0.318. The van der Waals surface area contributed by atoms with Crippen molar-refractivity contribution in [3.05, 3.63) is 101 Å². The van der Waals surface area contributed by atoms with Crippen LogP contribution in [0.25, 0.3) is 10.9 Å². The van der Waals surface area contributed by atoms with E-state index in [0.29, 0.717) is 12.4 Å². The first-order valence-corrected chi connectivity index (χ1v) is 10.5. The van der Waals surface area contributed by atoms with E-state index in [-0.39, 0.29) is 12.0 Å². The fraction of sp³-hybridized carbons (Fsp3) is 0.120. The lowest BCUT2D eigenvalue weighted by atomic mass is 10.1. The van der Waals surface area contributed by atoms with Crippen LogP contribution in [0.15, 0.2) is 71.7 Å². The molecule has 0 amide bonds. The van der Waals surface area contributed by atoms with E-state index in [1.165, 1.54) is 6.07 Å². The van der Waals surface area contributed by atoms with E-state index in [9.17, 15) is 4.39 Å². The number of aromatic nitrogens is 4. The van der Waals surface area contributed by atoms with E-state index < -0.39 is 0 Å². The van der Waals surface area contributed by atoms with E-state index in [0.717, 1.165) is 45.7 Å². The van der Waals surface area contributed by atoms with Gasteiger partial charge in [0.05, 0.1) is 17.4 Å². The van der Waals surface area contributed by atoms with Crippen LogP contribution >= 0.6 is 0 Å². The summed E-state index contributed by atoms with van der Waals surface area (Å²) < 4.78 is 13.6. The highest BCUT2D eigenvalue weighted by molar-refractivity contribution is 5.79. The predicted molar refractivity (Wildman–Crippen MR) is 122 cm³/mol. The molecule has 1 unspecified atom stereocenters. The zero-order valence-corrected chi connectivity index (χ0v) is 17.5. The molecule has 0 fully saturated rings. The summed E-state index contributed by atoms with van der Waals surface area (Å²) in [6, 6.07) is 12.6. The van der Waals surface area contributed by atoms with Gasteiger partial charge in [-0.25, -0.2) is 14.4 Å². The minimum atomic E-state index is -0.351. The van der Waals surface area contributed by atoms with E-state index in [1.807, 2.05) is 36.4 Å². The van der Waals surface area contributed by atoms with Crippen LogP contribution in [0.1, 0.15) is 34.4 Å². The van der Waals surface area contributed by atoms with Gasteiger partial charge in [0.2, 0.25) is 5.82 Å². The van der Waals surface area contributed by atoms with Gasteiger partial charge >= 0.3 is 0 Å². The standard InChI is InChI=1S/C25H18FN7/c26-20-4-3-17-14-33(15-19(17)12-20)24-8-10-28-25(31-24)22-7-9-27-23(30-22)6-2-16-1-5-21-18(11-16)13-29-32-21/h1,3-5,7-13,25,31H,14-15H2,(H,29,32). The molecule has 4 heterocycles. The summed E-state index contributed by atoms with van der Waals surface area (Å²) in [4.78, 5) is 15.6. The Morgan fingerprint density at radius 1 is 1.03 bits per heavy atom. The minimum Gasteiger partial charge on any atom is -0.350 e. The van der Waals surface area contributed by atoms with Crippen LogP contribution < -0.4 is 5.32 Å². The highest BCUT2D eigenvalue weighted by atomic mass is 19.1. The van der Waals surface area contributed by atoms with Gasteiger partial charge in [-0.1, -0.05) is 12.0 Å². The summed E-state index contributed by atoms with van der Waals surface area (Å²) in [6.07, 6.45) is 6.80. The molecule has 2 aromatic carbocycles. The van der Waals surface area contributed by atoms with Gasteiger partial charge in [0.15, 0.2) is 6.17 Å². The largest absolute Gasteiger partial charge is 0.350 e. The highest BCUT2D eigenvalue weighted by Gasteiger charge is 2.24. The van der Waals surface area contributed by atoms with Crippen molar-refractivity contribution in [2.24, 2.45) is 4.99 Å². The van der Waals surface area contributed by atoms with Gasteiger partial charge in [0.25, 0.3) is 0 Å². The van der Waals surface area contributed by atoms with Crippen LogP contribution in [0.2, 0.25) is 0 Å². The number of nitrogens with one attached hydrogen (secondary N) is 2. The van der Waals surface area contributed by atoms with Crippen LogP contribution in [-0.4, -0.2) is 31.3 Å². The van der Waals surface area contributed by atoms with E-state index in [2.05, 4.69) is 47.2 Å². The van der Waals surface area contributed by atoms with Gasteiger partial charge in [-0.3, -0.25) is 10.1 Å². The van der Waals surface area contributed by atoms with E-state index in [4.69, 9.17) is 0 Å². The van der Waals surface area contributed by atoms with E-state index >= 15 is 0 Å². The molecule has 2 aromatic heterocycles. The predicted octanol–water partition coefficient (Wildman–Crippen LogP) is 3.42. The van der Waals surface area contributed by atoms with Gasteiger partial charge in [-0.2, -0.15) is 5.10 Å². The van der Waals surface area contributed by atoms with Crippen LogP contribution in [0.4, 0.5) is 4.39 Å². The van der Waals surface area contributed by atoms with Crippen molar-refractivity contribution in [2.45, 2.75) is 19.3 Å². The number of hydrogen-bond acceptors (Lipinski definition) is 6. The maximum Gasteiger partial charge on any atom is 0.205 e. The molecule has 160 valence electrons. The second-order valence-corrected chi connectivity index (χ2v) is 7.89. The van der Waals surface area contributed by atoms with Crippen LogP contribution in [0, 0.1) is 17.7 Å². The molecule has 2 aliphatic heterocycles. The van der Waals surface area contributed by atoms with Crippen molar-refractivity contribution >= 4 is 17.1 Å². The Morgan fingerprint density at radius 3 is 2.94 bits per heavy atom. The smallest absolute Gasteiger partial charge is 0.205 e. The van der Waals surface area contributed by atoms with Gasteiger partial charge in [0, 0.05) is 36.5 Å². The Bertz CT molecular complexity index is 1490. The lowest BCUT2D eigenvalue weighted by Gasteiger charge is -2.28. The Morgan fingerprint density at radius 2 is 1.97 bits per heavy atom. The zero-order chi connectivity index (χ0) is 22.2. The molecule has 7 nitrogen and oxygen atoms in total. The molecule has 6 rings (SSSR count). The lowest BCUT2D eigenvalue weighted by Crippen LogP contribution is -2.32. The Kier molecular flexibility index (Phi) is 4.58. The van der Waals surface area contributed by atoms with E-state index in [1.54, 1.807) is 24.7 Å². The van der Waals surface area contributed by atoms with Crippen molar-refractivity contribution in [1.82, 2.24) is 30.4 Å². The molecule has 4 aromatic rings. The molecule has 0 spiro atoms. The maximum absolute atomic E-state index is 13.6. The summed E-state index contributed by atoms with van der Waals surface area (Å²) in [5, 5.41) is 11.4. The number of allylic oxidation sites excluding steroid dienone is 1. The van der Waals surface area contributed by atoms with Gasteiger partial charge < -0.3 is 10.2 Å². The van der Waals surface area contributed by atoms with Gasteiger partial charge in [0.1, 0.15) is 11.6 Å². The molecule has 0 aliphatic carbocycles. The number of H-pyrrole nitrogens is 1. The van der Waals surface area contributed by atoms with Crippen molar-refractivity contribution in [2.75, 3.05) is 0 Å². The molecule has 0 bridgehead atoms. The number of fused-ring (bicyclic) bond motifs is 2. The number of nitrogens with zero attached hydrogens (tertiary/aromatic N) is 5. The van der Waals surface area contributed by atoms with Crippen LogP contribution in [-0.2, 0) is 13.1 Å². The van der Waals surface area contributed by atoms with Crippen molar-refractivity contribution in [1.29, 1.82) is 0 Å². The third-order valence-corrected chi connectivity index (χ3v) is 5.70. The first kappa shape index (κ1) is 19.2. The minimum absolute atomic E-state index is 0.208. The van der Waals surface area contributed by atoms with Gasteiger partial charge in [-0.05, 0) is 59.5 Å². The SMILES string of the molecule is Fc1ccc2c(c1)CN(C1=CC=NC(c3ccnc(C#Cc4ccc5[nH]ncc5c4)n3)N1)C2. The number of hydrogen-bond donors (Lipinski definition) is 2. The first-order valence-electron chi connectivity index (χ1n) is 10.5. The number of halogens is 1. The Balaban J connectivity index is 1.19. The molecule has 0 saturated carbocycles. The number of aromatic amines is 1. The topological polar surface area (TPSA) is 82.1 Å². The zero-order valence-electron chi connectivity index (χ0n) is 17.5. The Labute approximate surface area is 189 Å². The molecule has 2 N–H and O–H groups in total. The Hall–Kier alpha value is -4.51. The highest BCUT2D eigenvalue weighted by Crippen LogP contribution is 2.28. The molecule has 33 heavy (non-hydrogen) atoms. The summed E-state index contributed by atoms with van der Waals surface area (Å²) in [5.74, 6) is 7.30. The average molecular weight is 435 g/mol. The molecule has 2 aliphatic rings. The number of rotatable bonds is 2. The maximum atomic E-state index is 13.6. The fourth-order valence-corrected chi connectivity index (χ4v) is 4.04. The average Bonchev–Trinajstić information content (AvgIpc) is 3.49. The molecule has 8 heteroatoms. The second-order valence-electron chi connectivity index (χ2n) is 7.89. The molecule has 1 atom stereocenters. The molecule has 0 saturated heterocycles. The molecule has 0 radical (unpaired) electrons. The van der Waals surface area contributed by atoms with Crippen LogP contribution in [0.5, 0.6) is 0 Å². The van der Waals surface area contributed by atoms with Crippen molar-refractivity contribution in [3.8, 4) is 11.8 Å². The summed E-state index contributed by atoms with van der Waals surface area (Å²) >= 11 is 0. The third kappa shape index (κ3) is 3.81. The summed E-state index contributed by atoms with van der Waals surface area (Å²) in [5.41, 5.74) is 4.69. The summed E-state index contributed by atoms with van der Waals surface area (Å²) in [6.45, 7) is 1.37. The summed E-state index contributed by atoms with van der Waals surface area (Å²) in [7, 11) is 0. The second kappa shape index (κ2) is 7.88. The number of benzene rings is 2. The first-order chi connectivity index (χ1) is 16.2. The van der Waals surface area contributed by atoms with Gasteiger partial charge in [-0.15, -0.1) is 0 Å². The van der Waals surface area contributed by atoms with Crippen molar-refractivity contribution < 1.29 is 4.39 Å². The molecular weight excluding hydrogens is 417 g/mol. The monoisotopic (exact) mass is 435 g/mol. The quantitative estimate of drug-likeness (QED) is 0.472. The third-order valence-electron chi connectivity index (χ3n) is 5.70.